The Hall–Kier alpha value is -0.700. The summed E-state index contributed by atoms with van der Waals surface area (Å²) in [4.78, 5) is 14.3. The Labute approximate surface area is 118 Å². The van der Waals surface area contributed by atoms with Crippen LogP contribution in [-0.2, 0) is 24.3 Å². The lowest BCUT2D eigenvalue weighted by Crippen LogP contribution is -2.49. The number of amides is 1. The Morgan fingerprint density at radius 1 is 1.20 bits per heavy atom. The summed E-state index contributed by atoms with van der Waals surface area (Å²) in [7, 11) is -3.22. The van der Waals surface area contributed by atoms with Crippen molar-refractivity contribution >= 4 is 15.9 Å². The number of hydrogen-bond acceptors (Lipinski definition) is 5. The first-order valence-electron chi connectivity index (χ1n) is 6.92. The zero-order chi connectivity index (χ0) is 14.3. The number of carbonyl (C=O) groups is 1. The highest BCUT2D eigenvalue weighted by Gasteiger charge is 2.47. The van der Waals surface area contributed by atoms with Gasteiger partial charge < -0.3 is 14.4 Å². The van der Waals surface area contributed by atoms with E-state index in [0.29, 0.717) is 39.3 Å². The van der Waals surface area contributed by atoms with E-state index in [0.717, 1.165) is 0 Å². The van der Waals surface area contributed by atoms with Crippen LogP contribution in [0.3, 0.4) is 0 Å². The molecule has 3 fully saturated rings. The average molecular weight is 304 g/mol. The zero-order valence-corrected chi connectivity index (χ0v) is 12.3. The van der Waals surface area contributed by atoms with Crippen LogP contribution >= 0.6 is 0 Å². The molecule has 3 aliphatic heterocycles. The van der Waals surface area contributed by atoms with E-state index >= 15 is 0 Å². The molecule has 0 radical (unpaired) electrons. The van der Waals surface area contributed by atoms with Gasteiger partial charge in [0.1, 0.15) is 0 Å². The number of morpholine rings is 2. The number of carbonyl (C=O) groups excluding carboxylic acids is 1. The van der Waals surface area contributed by atoms with Crippen LogP contribution in [0, 0.1) is 5.92 Å². The molecule has 0 aromatic heterocycles. The second kappa shape index (κ2) is 5.25. The average Bonchev–Trinajstić information content (AvgIpc) is 2.72. The van der Waals surface area contributed by atoms with Gasteiger partial charge in [0.05, 0.1) is 37.6 Å². The summed E-state index contributed by atoms with van der Waals surface area (Å²) in [6, 6.07) is 0. The predicted octanol–water partition coefficient (Wildman–Crippen LogP) is -1.11. The SMILES string of the molecule is CS(=O)(=O)N1C[C@H]2C[C@H](C(=O)N3CCOCC3)[C@@H](C1)O2. The summed E-state index contributed by atoms with van der Waals surface area (Å²) >= 11 is 0. The molecular formula is C12H20N2O5S. The second-order valence-electron chi connectivity index (χ2n) is 5.66. The number of fused-ring (bicyclic) bond motifs is 2. The summed E-state index contributed by atoms with van der Waals surface area (Å²) < 4.78 is 35.7. The van der Waals surface area contributed by atoms with E-state index in [4.69, 9.17) is 9.47 Å². The van der Waals surface area contributed by atoms with Crippen LogP contribution in [0.1, 0.15) is 6.42 Å². The molecule has 0 spiro atoms. The van der Waals surface area contributed by atoms with Crippen LogP contribution in [-0.4, -0.2) is 81.4 Å². The first-order chi connectivity index (χ1) is 9.45. The molecule has 1 amide bonds. The Balaban J connectivity index is 1.69. The lowest BCUT2D eigenvalue weighted by atomic mass is 9.98. The van der Waals surface area contributed by atoms with Gasteiger partial charge in [0.15, 0.2) is 0 Å². The van der Waals surface area contributed by atoms with Crippen LogP contribution in [0.15, 0.2) is 0 Å². The maximum atomic E-state index is 12.5. The van der Waals surface area contributed by atoms with Crippen molar-refractivity contribution in [2.75, 3.05) is 45.6 Å². The minimum atomic E-state index is -3.22. The van der Waals surface area contributed by atoms with E-state index in [1.807, 2.05) is 4.90 Å². The highest BCUT2D eigenvalue weighted by molar-refractivity contribution is 7.88. The van der Waals surface area contributed by atoms with Crippen LogP contribution in [0.4, 0.5) is 0 Å². The molecule has 0 aromatic rings. The monoisotopic (exact) mass is 304 g/mol. The van der Waals surface area contributed by atoms with E-state index in [9.17, 15) is 13.2 Å². The van der Waals surface area contributed by atoms with Gasteiger partial charge in [0.2, 0.25) is 15.9 Å². The molecule has 3 rings (SSSR count). The molecule has 20 heavy (non-hydrogen) atoms. The van der Waals surface area contributed by atoms with Crippen LogP contribution in [0.2, 0.25) is 0 Å². The van der Waals surface area contributed by atoms with Crippen molar-refractivity contribution in [1.82, 2.24) is 9.21 Å². The van der Waals surface area contributed by atoms with Crippen molar-refractivity contribution in [2.24, 2.45) is 5.92 Å². The Bertz CT molecular complexity index is 488. The fraction of sp³-hybridized carbons (Fsp3) is 0.917. The van der Waals surface area contributed by atoms with E-state index in [1.54, 1.807) is 0 Å². The number of sulfonamides is 1. The standard InChI is InChI=1S/C12H20N2O5S/c1-20(16,17)14-7-9-6-10(11(8-14)19-9)12(15)13-2-4-18-5-3-13/h9-11H,2-8H2,1H3/t9-,10+,11-/m1/s1. The first kappa shape index (κ1) is 14.2. The van der Waals surface area contributed by atoms with Gasteiger partial charge in [-0.1, -0.05) is 0 Å². The first-order valence-corrected chi connectivity index (χ1v) is 8.77. The van der Waals surface area contributed by atoms with E-state index < -0.39 is 10.0 Å². The highest BCUT2D eigenvalue weighted by atomic mass is 32.2. The molecule has 0 saturated carbocycles. The molecular weight excluding hydrogens is 284 g/mol. The van der Waals surface area contributed by atoms with Crippen molar-refractivity contribution in [3.8, 4) is 0 Å². The van der Waals surface area contributed by atoms with Crippen molar-refractivity contribution in [2.45, 2.75) is 18.6 Å². The van der Waals surface area contributed by atoms with E-state index in [2.05, 4.69) is 0 Å². The van der Waals surface area contributed by atoms with Gasteiger partial charge >= 0.3 is 0 Å². The molecule has 3 atom stereocenters. The summed E-state index contributed by atoms with van der Waals surface area (Å²) in [5.74, 6) is -0.138. The van der Waals surface area contributed by atoms with E-state index in [-0.39, 0.29) is 30.6 Å². The third-order valence-electron chi connectivity index (χ3n) is 4.23. The summed E-state index contributed by atoms with van der Waals surface area (Å²) in [6.45, 7) is 3.02. The van der Waals surface area contributed by atoms with Crippen molar-refractivity contribution in [3.63, 3.8) is 0 Å². The Morgan fingerprint density at radius 2 is 1.90 bits per heavy atom. The fourth-order valence-corrected chi connectivity index (χ4v) is 4.03. The van der Waals surface area contributed by atoms with Gasteiger partial charge in [0.25, 0.3) is 0 Å². The molecule has 3 heterocycles. The summed E-state index contributed by atoms with van der Waals surface area (Å²) in [6.07, 6.45) is 1.36. The van der Waals surface area contributed by atoms with Crippen LogP contribution < -0.4 is 0 Å². The quantitative estimate of drug-likeness (QED) is 0.647. The molecule has 114 valence electrons. The number of nitrogens with zero attached hydrogens (tertiary/aromatic N) is 2. The molecule has 0 N–H and O–H groups in total. The lowest BCUT2D eigenvalue weighted by molar-refractivity contribution is -0.142. The lowest BCUT2D eigenvalue weighted by Gasteiger charge is -2.33. The van der Waals surface area contributed by atoms with Gasteiger partial charge in [0, 0.05) is 26.2 Å². The second-order valence-corrected chi connectivity index (χ2v) is 7.64. The van der Waals surface area contributed by atoms with Crippen molar-refractivity contribution < 1.29 is 22.7 Å². The molecule has 8 heteroatoms. The van der Waals surface area contributed by atoms with Crippen molar-refractivity contribution in [1.29, 1.82) is 0 Å². The summed E-state index contributed by atoms with van der Waals surface area (Å²) in [5, 5.41) is 0. The van der Waals surface area contributed by atoms with Crippen LogP contribution in [0.25, 0.3) is 0 Å². The normalized spacial score (nSPS) is 35.2. The largest absolute Gasteiger partial charge is 0.378 e. The molecule has 3 aliphatic rings. The molecule has 0 aliphatic carbocycles. The maximum absolute atomic E-state index is 12.5. The topological polar surface area (TPSA) is 76.2 Å². The molecule has 0 aromatic carbocycles. The Morgan fingerprint density at radius 3 is 2.55 bits per heavy atom. The fourth-order valence-electron chi connectivity index (χ4n) is 3.17. The number of hydrogen-bond donors (Lipinski definition) is 0. The number of ether oxygens (including phenoxy) is 2. The maximum Gasteiger partial charge on any atom is 0.228 e. The van der Waals surface area contributed by atoms with Crippen molar-refractivity contribution in [3.05, 3.63) is 0 Å². The van der Waals surface area contributed by atoms with Gasteiger partial charge in [-0.15, -0.1) is 0 Å². The van der Waals surface area contributed by atoms with Gasteiger partial charge in [-0.2, -0.15) is 4.31 Å². The number of rotatable bonds is 2. The zero-order valence-electron chi connectivity index (χ0n) is 11.5. The van der Waals surface area contributed by atoms with Gasteiger partial charge in [-0.05, 0) is 6.42 Å². The van der Waals surface area contributed by atoms with Crippen LogP contribution in [0.5, 0.6) is 0 Å². The van der Waals surface area contributed by atoms with Gasteiger partial charge in [-0.3, -0.25) is 4.79 Å². The Kier molecular flexibility index (Phi) is 3.74. The third kappa shape index (κ3) is 2.69. The molecule has 3 saturated heterocycles. The van der Waals surface area contributed by atoms with Gasteiger partial charge in [-0.25, -0.2) is 8.42 Å². The highest BCUT2D eigenvalue weighted by Crippen LogP contribution is 2.34. The summed E-state index contributed by atoms with van der Waals surface area (Å²) in [5.41, 5.74) is 0. The molecule has 0 unspecified atom stereocenters. The van der Waals surface area contributed by atoms with E-state index in [1.165, 1.54) is 10.6 Å². The molecule has 2 bridgehead atoms. The smallest absolute Gasteiger partial charge is 0.228 e. The minimum Gasteiger partial charge on any atom is -0.378 e. The molecule has 7 nitrogen and oxygen atoms in total. The third-order valence-corrected chi connectivity index (χ3v) is 5.47. The predicted molar refractivity (Wildman–Crippen MR) is 70.6 cm³/mol. The minimum absolute atomic E-state index is 0.0798.